The molecule has 1 N–H and O–H groups in total. The number of aryl methyl sites for hydroxylation is 1. The first kappa shape index (κ1) is 29.1. The number of nitrogens with one attached hydrogen (secondary N) is 1. The van der Waals surface area contributed by atoms with Crippen LogP contribution in [0.1, 0.15) is 56.7 Å². The molecular weight excluding hydrogens is 566 g/mol. The van der Waals surface area contributed by atoms with Crippen LogP contribution in [0, 0.1) is 0 Å². The fraction of sp³-hybridized carbons (Fsp3) is 0.419. The van der Waals surface area contributed by atoms with Crippen molar-refractivity contribution in [1.29, 1.82) is 0 Å². The number of benzene rings is 2. The number of carbonyl (C=O) groups is 2. The average Bonchev–Trinajstić information content (AvgIpc) is 3.79. The maximum absolute atomic E-state index is 14.3. The molecule has 2 aromatic heterocycles. The van der Waals surface area contributed by atoms with E-state index in [0.717, 1.165) is 44.9 Å². The van der Waals surface area contributed by atoms with Crippen LogP contribution < -0.4 is 10.2 Å². The van der Waals surface area contributed by atoms with Gasteiger partial charge in [0.25, 0.3) is 0 Å². The topological polar surface area (TPSA) is 122 Å². The van der Waals surface area contributed by atoms with E-state index in [1.165, 1.54) is 26.0 Å². The van der Waals surface area contributed by atoms with Gasteiger partial charge in [-0.3, -0.25) is 14.5 Å². The quantitative estimate of drug-likeness (QED) is 0.311. The van der Waals surface area contributed by atoms with Gasteiger partial charge in [0.1, 0.15) is 12.1 Å². The lowest BCUT2D eigenvalue weighted by Gasteiger charge is -2.33. The first-order valence-corrected chi connectivity index (χ1v) is 16.4. The molecular formula is C31H37N7O4S. The van der Waals surface area contributed by atoms with Gasteiger partial charge in [-0.1, -0.05) is 36.6 Å². The number of aromatic nitrogens is 4. The Bertz CT molecular complexity index is 1700. The predicted molar refractivity (Wildman–Crippen MR) is 163 cm³/mol. The van der Waals surface area contributed by atoms with E-state index in [1.54, 1.807) is 12.1 Å². The highest BCUT2D eigenvalue weighted by atomic mass is 32.2. The molecule has 11 nitrogen and oxygen atoms in total. The molecule has 1 saturated heterocycles. The molecule has 1 saturated carbocycles. The summed E-state index contributed by atoms with van der Waals surface area (Å²) >= 11 is 0. The SMILES string of the molecule is Cn1cccc1[C@H](C(=O)NC1CCCCC1)N(C(=O)Cn1nnc2ccccc21)c1ccc(S(=O)(=O)N2CCCC2)cc1. The molecule has 43 heavy (non-hydrogen) atoms. The molecule has 12 heteroatoms. The Morgan fingerprint density at radius 2 is 1.67 bits per heavy atom. The third-order valence-electron chi connectivity index (χ3n) is 8.51. The van der Waals surface area contributed by atoms with E-state index in [1.807, 2.05) is 54.2 Å². The molecule has 3 heterocycles. The second kappa shape index (κ2) is 12.3. The molecule has 0 bridgehead atoms. The minimum absolute atomic E-state index is 0.0354. The largest absolute Gasteiger partial charge is 0.352 e. The summed E-state index contributed by atoms with van der Waals surface area (Å²) in [6.45, 7) is 0.834. The van der Waals surface area contributed by atoms with Crippen molar-refractivity contribution in [2.24, 2.45) is 7.05 Å². The monoisotopic (exact) mass is 603 g/mol. The van der Waals surface area contributed by atoms with Gasteiger partial charge in [-0.15, -0.1) is 5.10 Å². The van der Waals surface area contributed by atoms with Gasteiger partial charge in [0.2, 0.25) is 21.8 Å². The average molecular weight is 604 g/mol. The van der Waals surface area contributed by atoms with E-state index in [4.69, 9.17) is 0 Å². The molecule has 6 rings (SSSR count). The Labute approximate surface area is 251 Å². The van der Waals surface area contributed by atoms with Gasteiger partial charge in [-0.25, -0.2) is 13.1 Å². The molecule has 2 aliphatic rings. The van der Waals surface area contributed by atoms with Crippen molar-refractivity contribution in [3.8, 4) is 0 Å². The van der Waals surface area contributed by atoms with Crippen molar-refractivity contribution in [3.63, 3.8) is 0 Å². The van der Waals surface area contributed by atoms with Crippen molar-refractivity contribution in [3.05, 3.63) is 72.6 Å². The van der Waals surface area contributed by atoms with E-state index >= 15 is 0 Å². The summed E-state index contributed by atoms with van der Waals surface area (Å²) in [5.41, 5.74) is 2.41. The third kappa shape index (κ3) is 5.94. The highest BCUT2D eigenvalue weighted by Gasteiger charge is 2.36. The van der Waals surface area contributed by atoms with Crippen molar-refractivity contribution in [1.82, 2.24) is 29.2 Å². The Morgan fingerprint density at radius 1 is 0.953 bits per heavy atom. The summed E-state index contributed by atoms with van der Waals surface area (Å²) in [5.74, 6) is -0.657. The Kier molecular flexibility index (Phi) is 8.31. The fourth-order valence-corrected chi connectivity index (χ4v) is 7.72. The van der Waals surface area contributed by atoms with E-state index in [9.17, 15) is 18.0 Å². The maximum atomic E-state index is 14.3. The van der Waals surface area contributed by atoms with Crippen molar-refractivity contribution in [2.75, 3.05) is 18.0 Å². The van der Waals surface area contributed by atoms with Gasteiger partial charge in [-0.05, 0) is 74.2 Å². The van der Waals surface area contributed by atoms with E-state index in [0.29, 0.717) is 35.5 Å². The molecule has 1 atom stereocenters. The summed E-state index contributed by atoms with van der Waals surface area (Å²) < 4.78 is 31.3. The highest BCUT2D eigenvalue weighted by Crippen LogP contribution is 2.31. The van der Waals surface area contributed by atoms with Crippen molar-refractivity contribution < 1.29 is 18.0 Å². The van der Waals surface area contributed by atoms with Crippen LogP contribution in [0.25, 0.3) is 11.0 Å². The number of fused-ring (bicyclic) bond motifs is 1. The van der Waals surface area contributed by atoms with Gasteiger partial charge < -0.3 is 9.88 Å². The molecule has 0 radical (unpaired) electrons. The van der Waals surface area contributed by atoms with Gasteiger partial charge in [0.05, 0.1) is 16.1 Å². The Hall–Kier alpha value is -4.03. The number of anilines is 1. The van der Waals surface area contributed by atoms with Crippen molar-refractivity contribution in [2.45, 2.75) is 68.5 Å². The molecule has 0 unspecified atom stereocenters. The molecule has 0 spiro atoms. The lowest BCUT2D eigenvalue weighted by atomic mass is 9.95. The van der Waals surface area contributed by atoms with E-state index in [2.05, 4.69) is 15.6 Å². The third-order valence-corrected chi connectivity index (χ3v) is 10.4. The Morgan fingerprint density at radius 3 is 2.37 bits per heavy atom. The van der Waals surface area contributed by atoms with Crippen LogP contribution in [-0.2, 0) is 33.2 Å². The smallest absolute Gasteiger partial charge is 0.249 e. The van der Waals surface area contributed by atoms with E-state index < -0.39 is 16.1 Å². The maximum Gasteiger partial charge on any atom is 0.249 e. The lowest BCUT2D eigenvalue weighted by Crippen LogP contribution is -2.48. The van der Waals surface area contributed by atoms with Crippen LogP contribution in [0.15, 0.2) is 71.8 Å². The predicted octanol–water partition coefficient (Wildman–Crippen LogP) is 3.78. The van der Waals surface area contributed by atoms with Crippen LogP contribution in [0.2, 0.25) is 0 Å². The second-order valence-electron chi connectivity index (χ2n) is 11.4. The van der Waals surface area contributed by atoms with Gasteiger partial charge >= 0.3 is 0 Å². The zero-order valence-corrected chi connectivity index (χ0v) is 25.1. The number of hydrogen-bond donors (Lipinski definition) is 1. The molecule has 1 aliphatic carbocycles. The lowest BCUT2D eigenvalue weighted by molar-refractivity contribution is -0.127. The highest BCUT2D eigenvalue weighted by molar-refractivity contribution is 7.89. The summed E-state index contributed by atoms with van der Waals surface area (Å²) in [4.78, 5) is 30.1. The second-order valence-corrected chi connectivity index (χ2v) is 13.3. The minimum Gasteiger partial charge on any atom is -0.352 e. The molecule has 2 amide bonds. The van der Waals surface area contributed by atoms with Crippen molar-refractivity contribution >= 4 is 38.6 Å². The number of sulfonamides is 1. The molecule has 4 aromatic rings. The van der Waals surface area contributed by atoms with Gasteiger partial charge in [0.15, 0.2) is 6.04 Å². The number of hydrogen-bond acceptors (Lipinski definition) is 6. The number of amides is 2. The number of para-hydroxylation sites is 1. The molecule has 2 fully saturated rings. The molecule has 2 aromatic carbocycles. The first-order valence-electron chi connectivity index (χ1n) is 14.9. The van der Waals surface area contributed by atoms with Crippen LogP contribution in [0.3, 0.4) is 0 Å². The summed E-state index contributed by atoms with van der Waals surface area (Å²) in [6.07, 6.45) is 8.56. The number of carbonyl (C=O) groups excluding carboxylic acids is 2. The standard InChI is InChI=1S/C31H37N7O4S/c1-35-19-9-14-28(35)30(31(40)32-23-10-3-2-4-11-23)38(29(39)22-37-27-13-6-5-12-26(27)33-34-37)24-15-17-25(18-16-24)43(41,42)36-20-7-8-21-36/h5-6,9,12-19,23,30H,2-4,7-8,10-11,20-22H2,1H3,(H,32,40)/t30-/m1/s1. The Balaban J connectivity index is 1.40. The van der Waals surface area contributed by atoms with Crippen LogP contribution >= 0.6 is 0 Å². The van der Waals surface area contributed by atoms with E-state index in [-0.39, 0.29) is 29.3 Å². The number of nitrogens with zero attached hydrogens (tertiary/aromatic N) is 6. The normalized spacial score (nSPS) is 17.2. The zero-order valence-electron chi connectivity index (χ0n) is 24.3. The summed E-state index contributed by atoms with van der Waals surface area (Å²) in [7, 11) is -1.81. The minimum atomic E-state index is -3.65. The van der Waals surface area contributed by atoms with Crippen LogP contribution in [0.5, 0.6) is 0 Å². The van der Waals surface area contributed by atoms with Gasteiger partial charge in [0, 0.05) is 38.1 Å². The zero-order chi connectivity index (χ0) is 30.0. The fourth-order valence-electron chi connectivity index (χ4n) is 6.20. The first-order chi connectivity index (χ1) is 20.8. The summed E-state index contributed by atoms with van der Waals surface area (Å²) in [6, 6.07) is 16.4. The number of rotatable bonds is 9. The molecule has 226 valence electrons. The van der Waals surface area contributed by atoms with Gasteiger partial charge in [-0.2, -0.15) is 4.31 Å². The summed E-state index contributed by atoms with van der Waals surface area (Å²) in [5, 5.41) is 11.6. The van der Waals surface area contributed by atoms with Crippen LogP contribution in [-0.4, -0.2) is 63.2 Å². The van der Waals surface area contributed by atoms with Crippen LogP contribution in [0.4, 0.5) is 5.69 Å². The molecule has 1 aliphatic heterocycles.